The first kappa shape index (κ1) is 33.4. The topological polar surface area (TPSA) is 170 Å². The lowest BCUT2D eigenvalue weighted by atomic mass is 10.1. The molecule has 242 valence electrons. The van der Waals surface area contributed by atoms with Crippen LogP contribution in [0, 0.1) is 6.92 Å². The average molecular weight is 641 g/mol. The van der Waals surface area contributed by atoms with E-state index in [1.807, 2.05) is 13.8 Å². The van der Waals surface area contributed by atoms with E-state index in [0.29, 0.717) is 11.3 Å². The molecule has 1 aromatic heterocycles. The van der Waals surface area contributed by atoms with E-state index in [9.17, 15) is 23.1 Å². The summed E-state index contributed by atoms with van der Waals surface area (Å²) in [6, 6.07) is 11.6. The van der Waals surface area contributed by atoms with Crippen LogP contribution in [0.5, 0.6) is 5.75 Å². The highest BCUT2D eigenvalue weighted by atomic mass is 32.2. The van der Waals surface area contributed by atoms with Crippen LogP contribution in [0.15, 0.2) is 53.4 Å². The van der Waals surface area contributed by atoms with Gasteiger partial charge in [0, 0.05) is 40.2 Å². The van der Waals surface area contributed by atoms with E-state index in [1.165, 1.54) is 24.1 Å². The number of hydrogen-bond donors (Lipinski definition) is 3. The summed E-state index contributed by atoms with van der Waals surface area (Å²) in [7, 11) is 0.432. The van der Waals surface area contributed by atoms with Gasteiger partial charge in [-0.25, -0.2) is 22.3 Å². The van der Waals surface area contributed by atoms with Crippen molar-refractivity contribution >= 4 is 39.9 Å². The number of carbonyl (C=O) groups is 2. The molecule has 1 aliphatic rings. The number of hydrogen-bond acceptors (Lipinski definition) is 11. The number of carbonyl (C=O) groups excluding carboxylic acids is 1. The van der Waals surface area contributed by atoms with Crippen molar-refractivity contribution in [1.82, 2.24) is 24.8 Å². The molecule has 0 aliphatic carbocycles. The number of benzene rings is 2. The minimum absolute atomic E-state index is 0.0316. The third kappa shape index (κ3) is 9.01. The molecule has 0 saturated carbocycles. The van der Waals surface area contributed by atoms with Crippen molar-refractivity contribution in [2.45, 2.75) is 50.1 Å². The molecule has 45 heavy (non-hydrogen) atoms. The predicted molar refractivity (Wildman–Crippen MR) is 170 cm³/mol. The van der Waals surface area contributed by atoms with E-state index in [-0.39, 0.29) is 35.2 Å². The van der Waals surface area contributed by atoms with Crippen LogP contribution in [0.2, 0.25) is 0 Å². The Balaban J connectivity index is 1.60. The van der Waals surface area contributed by atoms with E-state index in [1.54, 1.807) is 50.5 Å². The Hall–Kier alpha value is -4.50. The minimum atomic E-state index is -4.04. The number of anilines is 3. The highest BCUT2D eigenvalue weighted by Crippen LogP contribution is 2.23. The molecular weight excluding hydrogens is 600 g/mol. The van der Waals surface area contributed by atoms with Crippen molar-refractivity contribution in [1.29, 1.82) is 0 Å². The summed E-state index contributed by atoms with van der Waals surface area (Å²) in [6.45, 7) is 6.56. The Bertz CT molecular complexity index is 1580. The van der Waals surface area contributed by atoms with E-state index < -0.39 is 28.1 Å². The lowest BCUT2D eigenvalue weighted by molar-refractivity contribution is -0.137. The smallest absolute Gasteiger partial charge is 0.414 e. The molecule has 14 nitrogen and oxygen atoms in total. The van der Waals surface area contributed by atoms with Gasteiger partial charge in [-0.1, -0.05) is 29.8 Å². The minimum Gasteiger partial charge on any atom is -0.480 e. The molecule has 2 atom stereocenters. The van der Waals surface area contributed by atoms with Crippen LogP contribution in [-0.2, 0) is 21.2 Å². The summed E-state index contributed by atoms with van der Waals surface area (Å²) in [6.07, 6.45) is 1.77. The lowest BCUT2D eigenvalue weighted by Crippen LogP contribution is -2.35. The van der Waals surface area contributed by atoms with Crippen LogP contribution in [0.3, 0.4) is 0 Å². The van der Waals surface area contributed by atoms with E-state index in [0.717, 1.165) is 42.3 Å². The molecule has 3 N–H and O–H groups in total. The number of ether oxygens (including phenoxy) is 1. The fraction of sp³-hybridized carbons (Fsp3) is 0.433. The van der Waals surface area contributed by atoms with Crippen LogP contribution < -0.4 is 19.7 Å². The number of nitrogens with zero attached hydrogens (tertiary/aromatic N) is 6. The van der Waals surface area contributed by atoms with E-state index in [4.69, 9.17) is 4.74 Å². The first-order chi connectivity index (χ1) is 21.3. The fourth-order valence-electron chi connectivity index (χ4n) is 4.71. The molecule has 0 bridgehead atoms. The van der Waals surface area contributed by atoms with Crippen molar-refractivity contribution in [3.05, 3.63) is 59.7 Å². The summed E-state index contributed by atoms with van der Waals surface area (Å²) in [4.78, 5) is 40.9. The summed E-state index contributed by atoms with van der Waals surface area (Å²) >= 11 is 0. The second kappa shape index (κ2) is 14.5. The predicted octanol–water partition coefficient (Wildman–Crippen LogP) is 3.07. The number of rotatable bonds is 13. The van der Waals surface area contributed by atoms with Gasteiger partial charge in [-0.2, -0.15) is 15.0 Å². The maximum absolute atomic E-state index is 13.5. The Morgan fingerprint density at radius 2 is 1.56 bits per heavy atom. The standard InChI is InChI=1S/C30H40N8O6S/c1-20-8-14-24(15-9-20)45(42,43)37(5)29-34-27(31-21(2)19-38-16-6-7-17-38)33-28(35-29)32-25(26(39)40)18-22-10-12-23(13-11-22)44-30(41)36(3)4/h8-15,21,25H,6-7,16-19H2,1-5H3,(H,39,40)(H2,31,32,33,34,35)/t21?,25-/m0/s1. The van der Waals surface area contributed by atoms with Crippen molar-refractivity contribution < 1.29 is 27.9 Å². The van der Waals surface area contributed by atoms with Crippen molar-refractivity contribution in [2.24, 2.45) is 0 Å². The zero-order valence-electron chi connectivity index (χ0n) is 26.1. The van der Waals surface area contributed by atoms with Crippen LogP contribution in [0.25, 0.3) is 0 Å². The maximum atomic E-state index is 13.5. The molecule has 1 fully saturated rings. The normalized spacial score (nSPS) is 14.8. The van der Waals surface area contributed by atoms with Gasteiger partial charge in [0.2, 0.25) is 17.8 Å². The number of amides is 1. The molecule has 2 aromatic carbocycles. The Morgan fingerprint density at radius 3 is 2.13 bits per heavy atom. The van der Waals surface area contributed by atoms with Gasteiger partial charge in [0.15, 0.2) is 0 Å². The number of aromatic nitrogens is 3. The molecular formula is C30H40N8O6S. The van der Waals surface area contributed by atoms with Gasteiger partial charge in [0.25, 0.3) is 10.0 Å². The Kier molecular flexibility index (Phi) is 10.8. The van der Waals surface area contributed by atoms with Crippen molar-refractivity contribution in [2.75, 3.05) is 55.7 Å². The highest BCUT2D eigenvalue weighted by Gasteiger charge is 2.27. The fourth-order valence-corrected chi connectivity index (χ4v) is 5.80. The first-order valence-corrected chi connectivity index (χ1v) is 16.0. The number of nitrogens with one attached hydrogen (secondary N) is 2. The summed E-state index contributed by atoms with van der Waals surface area (Å²) in [5.74, 6) is -1.03. The van der Waals surface area contributed by atoms with Gasteiger partial charge in [-0.05, 0) is 69.6 Å². The number of carboxylic acid groups (broad SMARTS) is 1. The number of carboxylic acids is 1. The van der Waals surface area contributed by atoms with E-state index in [2.05, 4.69) is 30.5 Å². The highest BCUT2D eigenvalue weighted by molar-refractivity contribution is 7.92. The summed E-state index contributed by atoms with van der Waals surface area (Å²) in [5, 5.41) is 16.1. The molecule has 1 saturated heterocycles. The second-order valence-corrected chi connectivity index (χ2v) is 13.2. The van der Waals surface area contributed by atoms with Gasteiger partial charge in [0.05, 0.1) is 4.90 Å². The van der Waals surface area contributed by atoms with Crippen molar-refractivity contribution in [3.8, 4) is 5.75 Å². The number of aryl methyl sites for hydroxylation is 1. The largest absolute Gasteiger partial charge is 0.480 e. The Morgan fingerprint density at radius 1 is 0.956 bits per heavy atom. The summed E-state index contributed by atoms with van der Waals surface area (Å²) in [5.41, 5.74) is 1.55. The van der Waals surface area contributed by atoms with Crippen LogP contribution >= 0.6 is 0 Å². The van der Waals surface area contributed by atoms with Gasteiger partial charge in [-0.3, -0.25) is 0 Å². The zero-order valence-corrected chi connectivity index (χ0v) is 26.9. The quantitative estimate of drug-likeness (QED) is 0.250. The van der Waals surface area contributed by atoms with Crippen LogP contribution in [0.1, 0.15) is 30.9 Å². The second-order valence-electron chi connectivity index (χ2n) is 11.3. The molecule has 2 heterocycles. The number of sulfonamides is 1. The van der Waals surface area contributed by atoms with E-state index >= 15 is 0 Å². The first-order valence-electron chi connectivity index (χ1n) is 14.6. The molecule has 15 heteroatoms. The summed E-state index contributed by atoms with van der Waals surface area (Å²) < 4.78 is 33.1. The van der Waals surface area contributed by atoms with Gasteiger partial charge in [-0.15, -0.1) is 0 Å². The molecule has 4 rings (SSSR count). The monoisotopic (exact) mass is 640 g/mol. The molecule has 1 unspecified atom stereocenters. The van der Waals surface area contributed by atoms with Crippen LogP contribution in [-0.4, -0.2) is 103 Å². The molecule has 1 amide bonds. The van der Waals surface area contributed by atoms with Gasteiger partial charge < -0.3 is 30.3 Å². The third-order valence-electron chi connectivity index (χ3n) is 7.23. The maximum Gasteiger partial charge on any atom is 0.414 e. The lowest BCUT2D eigenvalue weighted by Gasteiger charge is -2.23. The Labute approximate surface area is 263 Å². The average Bonchev–Trinajstić information content (AvgIpc) is 3.50. The molecule has 1 aliphatic heterocycles. The van der Waals surface area contributed by atoms with Crippen LogP contribution in [0.4, 0.5) is 22.6 Å². The zero-order chi connectivity index (χ0) is 32.7. The molecule has 3 aromatic rings. The van der Waals surface area contributed by atoms with Gasteiger partial charge in [0.1, 0.15) is 11.8 Å². The number of likely N-dealkylation sites (tertiary alicyclic amines) is 1. The molecule has 0 radical (unpaired) electrons. The molecule has 0 spiro atoms. The SMILES string of the molecule is Cc1ccc(S(=O)(=O)N(C)c2nc(NC(C)CN3CCCC3)nc(N[C@@H](Cc3ccc(OC(=O)N(C)C)cc3)C(=O)O)n2)cc1. The van der Waals surface area contributed by atoms with Crippen molar-refractivity contribution in [3.63, 3.8) is 0 Å². The third-order valence-corrected chi connectivity index (χ3v) is 8.98. The van der Waals surface area contributed by atoms with Gasteiger partial charge >= 0.3 is 12.1 Å². The number of aliphatic carboxylic acids is 1.